The van der Waals surface area contributed by atoms with Crippen LogP contribution in [0.3, 0.4) is 0 Å². The SMILES string of the molecule is CCCC(NCc1ccc(C(C)C)cc1)C(=O)OCC. The fourth-order valence-electron chi connectivity index (χ4n) is 2.10. The number of carbonyl (C=O) groups excluding carboxylic acids is 1. The summed E-state index contributed by atoms with van der Waals surface area (Å²) in [6.45, 7) is 9.42. The standard InChI is InChI=1S/C17H27NO2/c1-5-7-16(17(19)20-6-2)18-12-14-8-10-15(11-9-14)13(3)4/h8-11,13,16,18H,5-7,12H2,1-4H3. The predicted molar refractivity (Wildman–Crippen MR) is 82.7 cm³/mol. The normalized spacial score (nSPS) is 12.4. The van der Waals surface area contributed by atoms with Crippen LogP contribution in [-0.2, 0) is 16.1 Å². The van der Waals surface area contributed by atoms with Crippen molar-refractivity contribution in [2.75, 3.05) is 6.61 Å². The number of nitrogens with one attached hydrogen (secondary N) is 1. The first-order valence-electron chi connectivity index (χ1n) is 7.57. The van der Waals surface area contributed by atoms with E-state index in [1.54, 1.807) is 0 Å². The Kier molecular flexibility index (Phi) is 7.31. The molecule has 0 amide bonds. The fourth-order valence-corrected chi connectivity index (χ4v) is 2.10. The van der Waals surface area contributed by atoms with Crippen molar-refractivity contribution in [1.29, 1.82) is 0 Å². The topological polar surface area (TPSA) is 38.3 Å². The molecule has 0 saturated carbocycles. The molecule has 1 N–H and O–H groups in total. The lowest BCUT2D eigenvalue weighted by Gasteiger charge is -2.16. The van der Waals surface area contributed by atoms with Gasteiger partial charge >= 0.3 is 5.97 Å². The van der Waals surface area contributed by atoms with Crippen LogP contribution in [0.5, 0.6) is 0 Å². The van der Waals surface area contributed by atoms with Crippen LogP contribution in [-0.4, -0.2) is 18.6 Å². The lowest BCUT2D eigenvalue weighted by molar-refractivity contribution is -0.145. The van der Waals surface area contributed by atoms with Crippen molar-refractivity contribution < 1.29 is 9.53 Å². The van der Waals surface area contributed by atoms with Crippen LogP contribution >= 0.6 is 0 Å². The Morgan fingerprint density at radius 2 is 1.85 bits per heavy atom. The molecule has 0 heterocycles. The summed E-state index contributed by atoms with van der Waals surface area (Å²) in [7, 11) is 0. The van der Waals surface area contributed by atoms with Gasteiger partial charge in [-0.05, 0) is 30.4 Å². The van der Waals surface area contributed by atoms with E-state index in [-0.39, 0.29) is 12.0 Å². The third kappa shape index (κ3) is 5.33. The Bertz CT molecular complexity index is 398. The van der Waals surface area contributed by atoms with Gasteiger partial charge in [0.2, 0.25) is 0 Å². The fraction of sp³-hybridized carbons (Fsp3) is 0.588. The molecular weight excluding hydrogens is 250 g/mol. The summed E-state index contributed by atoms with van der Waals surface area (Å²) < 4.78 is 5.09. The smallest absolute Gasteiger partial charge is 0.323 e. The van der Waals surface area contributed by atoms with Gasteiger partial charge in [-0.2, -0.15) is 0 Å². The molecule has 0 fully saturated rings. The molecule has 0 aliphatic carbocycles. The van der Waals surface area contributed by atoms with Crippen LogP contribution in [0.15, 0.2) is 24.3 Å². The molecule has 3 nitrogen and oxygen atoms in total. The number of hydrogen-bond acceptors (Lipinski definition) is 3. The van der Waals surface area contributed by atoms with Crippen LogP contribution in [0, 0.1) is 0 Å². The van der Waals surface area contributed by atoms with Crippen molar-refractivity contribution in [3.63, 3.8) is 0 Å². The summed E-state index contributed by atoms with van der Waals surface area (Å²) in [4.78, 5) is 11.8. The monoisotopic (exact) mass is 277 g/mol. The summed E-state index contributed by atoms with van der Waals surface area (Å²) in [5.41, 5.74) is 2.53. The maximum Gasteiger partial charge on any atom is 0.323 e. The van der Waals surface area contributed by atoms with Crippen molar-refractivity contribution in [3.05, 3.63) is 35.4 Å². The largest absolute Gasteiger partial charge is 0.465 e. The zero-order chi connectivity index (χ0) is 15.0. The van der Waals surface area contributed by atoms with Crippen molar-refractivity contribution >= 4 is 5.97 Å². The van der Waals surface area contributed by atoms with Crippen LogP contribution in [0.25, 0.3) is 0 Å². The average molecular weight is 277 g/mol. The minimum Gasteiger partial charge on any atom is -0.465 e. The van der Waals surface area contributed by atoms with E-state index in [9.17, 15) is 4.79 Å². The third-order valence-corrected chi connectivity index (χ3v) is 3.35. The van der Waals surface area contributed by atoms with Crippen molar-refractivity contribution in [3.8, 4) is 0 Å². The van der Waals surface area contributed by atoms with Gasteiger partial charge in [0, 0.05) is 6.54 Å². The molecule has 0 saturated heterocycles. The number of hydrogen-bond donors (Lipinski definition) is 1. The molecule has 1 aromatic carbocycles. The molecule has 0 aromatic heterocycles. The molecule has 1 unspecified atom stereocenters. The molecule has 0 aliphatic rings. The second kappa shape index (κ2) is 8.75. The lowest BCUT2D eigenvalue weighted by atomic mass is 10.0. The van der Waals surface area contributed by atoms with Gasteiger partial charge in [0.05, 0.1) is 6.61 Å². The molecule has 112 valence electrons. The van der Waals surface area contributed by atoms with Crippen LogP contribution in [0.4, 0.5) is 0 Å². The van der Waals surface area contributed by atoms with E-state index >= 15 is 0 Å². The van der Waals surface area contributed by atoms with Crippen LogP contribution in [0.1, 0.15) is 57.6 Å². The highest BCUT2D eigenvalue weighted by atomic mass is 16.5. The minimum absolute atomic E-state index is 0.145. The van der Waals surface area contributed by atoms with Gasteiger partial charge in [-0.15, -0.1) is 0 Å². The lowest BCUT2D eigenvalue weighted by Crippen LogP contribution is -2.37. The summed E-state index contributed by atoms with van der Waals surface area (Å²) in [6.07, 6.45) is 1.77. The first-order chi connectivity index (χ1) is 9.58. The number of carbonyl (C=O) groups is 1. The first-order valence-corrected chi connectivity index (χ1v) is 7.57. The molecular formula is C17H27NO2. The molecule has 3 heteroatoms. The van der Waals surface area contributed by atoms with Gasteiger partial charge in [0.15, 0.2) is 0 Å². The highest BCUT2D eigenvalue weighted by Crippen LogP contribution is 2.14. The Labute approximate surface area is 122 Å². The first kappa shape index (κ1) is 16.7. The number of ether oxygens (including phenoxy) is 1. The summed E-state index contributed by atoms with van der Waals surface area (Å²) in [5.74, 6) is 0.400. The van der Waals surface area contributed by atoms with Crippen molar-refractivity contribution in [2.45, 2.75) is 59.0 Å². The van der Waals surface area contributed by atoms with Gasteiger partial charge in [-0.25, -0.2) is 0 Å². The average Bonchev–Trinajstić information content (AvgIpc) is 2.44. The maximum absolute atomic E-state index is 11.8. The highest BCUT2D eigenvalue weighted by molar-refractivity contribution is 5.75. The van der Waals surface area contributed by atoms with E-state index in [1.807, 2.05) is 6.92 Å². The highest BCUT2D eigenvalue weighted by Gasteiger charge is 2.17. The number of esters is 1. The van der Waals surface area contributed by atoms with Gasteiger partial charge < -0.3 is 10.1 Å². The minimum atomic E-state index is -0.204. The molecule has 1 aromatic rings. The number of benzene rings is 1. The van der Waals surface area contributed by atoms with Crippen LogP contribution < -0.4 is 5.32 Å². The van der Waals surface area contributed by atoms with E-state index in [1.165, 1.54) is 11.1 Å². The Balaban J connectivity index is 2.55. The molecule has 0 spiro atoms. The predicted octanol–water partition coefficient (Wildman–Crippen LogP) is 3.63. The van der Waals surface area contributed by atoms with Crippen LogP contribution in [0.2, 0.25) is 0 Å². The second-order valence-corrected chi connectivity index (χ2v) is 5.37. The summed E-state index contributed by atoms with van der Waals surface area (Å²) in [5, 5.41) is 3.30. The second-order valence-electron chi connectivity index (χ2n) is 5.37. The number of rotatable bonds is 8. The molecule has 1 atom stereocenters. The van der Waals surface area contributed by atoms with E-state index in [2.05, 4.69) is 50.4 Å². The zero-order valence-electron chi connectivity index (χ0n) is 13.1. The van der Waals surface area contributed by atoms with Crippen molar-refractivity contribution in [2.24, 2.45) is 0 Å². The molecule has 0 aliphatic heterocycles. The van der Waals surface area contributed by atoms with E-state index in [0.717, 1.165) is 12.8 Å². The Morgan fingerprint density at radius 1 is 1.20 bits per heavy atom. The zero-order valence-corrected chi connectivity index (χ0v) is 13.1. The van der Waals surface area contributed by atoms with Gasteiger partial charge in [-0.3, -0.25) is 4.79 Å². The van der Waals surface area contributed by atoms with E-state index < -0.39 is 0 Å². The van der Waals surface area contributed by atoms with Gasteiger partial charge in [-0.1, -0.05) is 51.5 Å². The van der Waals surface area contributed by atoms with E-state index in [4.69, 9.17) is 4.74 Å². The summed E-state index contributed by atoms with van der Waals surface area (Å²) >= 11 is 0. The van der Waals surface area contributed by atoms with Gasteiger partial charge in [0.1, 0.15) is 6.04 Å². The van der Waals surface area contributed by atoms with Gasteiger partial charge in [0.25, 0.3) is 0 Å². The molecule has 1 rings (SSSR count). The quantitative estimate of drug-likeness (QED) is 0.737. The molecule has 0 radical (unpaired) electrons. The third-order valence-electron chi connectivity index (χ3n) is 3.35. The molecule has 20 heavy (non-hydrogen) atoms. The van der Waals surface area contributed by atoms with E-state index in [0.29, 0.717) is 19.1 Å². The molecule has 0 bridgehead atoms. The Hall–Kier alpha value is -1.35. The van der Waals surface area contributed by atoms with Crippen molar-refractivity contribution in [1.82, 2.24) is 5.32 Å². The Morgan fingerprint density at radius 3 is 2.35 bits per heavy atom. The maximum atomic E-state index is 11.8. The summed E-state index contributed by atoms with van der Waals surface area (Å²) in [6, 6.07) is 8.35.